The largest absolute Gasteiger partial charge is 0.314 e. The highest BCUT2D eigenvalue weighted by Gasteiger charge is 2.32. The number of nitrogens with one attached hydrogen (secondary N) is 1. The molecule has 1 aliphatic rings. The summed E-state index contributed by atoms with van der Waals surface area (Å²) in [5.74, 6) is 0.586. The van der Waals surface area contributed by atoms with Crippen molar-refractivity contribution in [2.24, 2.45) is 5.92 Å². The van der Waals surface area contributed by atoms with Gasteiger partial charge in [-0.05, 0) is 32.2 Å². The van der Waals surface area contributed by atoms with Gasteiger partial charge in [0.2, 0.25) is 0 Å². The first-order valence-electron chi connectivity index (χ1n) is 7.45. The van der Waals surface area contributed by atoms with E-state index in [1.54, 1.807) is 8.61 Å². The van der Waals surface area contributed by atoms with Crippen LogP contribution in [0.1, 0.15) is 40.5 Å². The fourth-order valence-corrected chi connectivity index (χ4v) is 4.46. The molecule has 0 amide bonds. The van der Waals surface area contributed by atoms with Gasteiger partial charge in [0.25, 0.3) is 10.2 Å². The minimum absolute atomic E-state index is 0.475. The van der Waals surface area contributed by atoms with Crippen molar-refractivity contribution in [1.29, 1.82) is 0 Å². The molecule has 0 aromatic rings. The summed E-state index contributed by atoms with van der Waals surface area (Å²) in [7, 11) is -3.24. The Labute approximate surface area is 118 Å². The van der Waals surface area contributed by atoms with Crippen LogP contribution in [0, 0.1) is 5.92 Å². The smallest absolute Gasteiger partial charge is 0.281 e. The van der Waals surface area contributed by atoms with Crippen molar-refractivity contribution in [3.63, 3.8) is 0 Å². The van der Waals surface area contributed by atoms with Crippen molar-refractivity contribution in [2.45, 2.75) is 46.6 Å². The average Bonchev–Trinajstić information content (AvgIpc) is 2.40. The Morgan fingerprint density at radius 2 is 1.74 bits per heavy atom. The third-order valence-corrected chi connectivity index (χ3v) is 6.28. The zero-order valence-corrected chi connectivity index (χ0v) is 13.5. The third kappa shape index (κ3) is 4.15. The summed E-state index contributed by atoms with van der Waals surface area (Å²) in [5, 5.41) is 3.44. The monoisotopic (exact) mass is 291 g/mol. The van der Waals surface area contributed by atoms with Crippen LogP contribution in [0.15, 0.2) is 0 Å². The second kappa shape index (κ2) is 7.57. The second-order valence-corrected chi connectivity index (χ2v) is 7.10. The lowest BCUT2D eigenvalue weighted by atomic mass is 9.91. The van der Waals surface area contributed by atoms with Crippen molar-refractivity contribution in [3.05, 3.63) is 0 Å². The van der Waals surface area contributed by atoms with Crippen molar-refractivity contribution in [3.8, 4) is 0 Å². The van der Waals surface area contributed by atoms with Gasteiger partial charge >= 0.3 is 0 Å². The predicted octanol–water partition coefficient (Wildman–Crippen LogP) is 1.28. The summed E-state index contributed by atoms with van der Waals surface area (Å²) in [6.45, 7) is 11.5. The number of rotatable bonds is 7. The van der Waals surface area contributed by atoms with Gasteiger partial charge in [-0.2, -0.15) is 17.0 Å². The molecular formula is C13H29N3O2S. The van der Waals surface area contributed by atoms with Gasteiger partial charge in [0.1, 0.15) is 0 Å². The summed E-state index contributed by atoms with van der Waals surface area (Å²) in [6.07, 6.45) is 1.91. The van der Waals surface area contributed by atoms with E-state index in [4.69, 9.17) is 0 Å². The maximum absolute atomic E-state index is 12.4. The van der Waals surface area contributed by atoms with Crippen molar-refractivity contribution < 1.29 is 8.42 Å². The summed E-state index contributed by atoms with van der Waals surface area (Å²) < 4.78 is 28.0. The van der Waals surface area contributed by atoms with Gasteiger partial charge in [0.15, 0.2) is 0 Å². The van der Waals surface area contributed by atoms with E-state index < -0.39 is 10.2 Å². The van der Waals surface area contributed by atoms with Gasteiger partial charge < -0.3 is 5.32 Å². The third-order valence-electron chi connectivity index (χ3n) is 4.09. The molecule has 1 saturated heterocycles. The van der Waals surface area contributed by atoms with Crippen molar-refractivity contribution in [2.75, 3.05) is 32.7 Å². The van der Waals surface area contributed by atoms with E-state index >= 15 is 0 Å². The standard InChI is InChI=1S/C13H29N3O2S/c1-5-14-12(4)13-8-10-16(11-9-13)19(17,18)15(6-2)7-3/h12-14H,5-11H2,1-4H3. The molecule has 1 aliphatic heterocycles. The second-order valence-electron chi connectivity index (χ2n) is 5.17. The first-order valence-corrected chi connectivity index (χ1v) is 8.85. The number of hydrogen-bond donors (Lipinski definition) is 1. The Balaban J connectivity index is 2.58. The van der Waals surface area contributed by atoms with E-state index in [9.17, 15) is 8.42 Å². The summed E-state index contributed by atoms with van der Waals surface area (Å²) in [5.41, 5.74) is 0. The number of nitrogens with zero attached hydrogens (tertiary/aromatic N) is 2. The van der Waals surface area contributed by atoms with E-state index in [-0.39, 0.29) is 0 Å². The first kappa shape index (κ1) is 16.9. The number of piperidine rings is 1. The SMILES string of the molecule is CCNC(C)C1CCN(S(=O)(=O)N(CC)CC)CC1. The van der Waals surface area contributed by atoms with Gasteiger partial charge in [0, 0.05) is 32.2 Å². The minimum atomic E-state index is -3.24. The van der Waals surface area contributed by atoms with Crippen LogP contribution >= 0.6 is 0 Å². The number of hydrogen-bond acceptors (Lipinski definition) is 3. The Kier molecular flexibility index (Phi) is 6.73. The first-order chi connectivity index (χ1) is 8.97. The van der Waals surface area contributed by atoms with Crippen LogP contribution in [0.5, 0.6) is 0 Å². The zero-order chi connectivity index (χ0) is 14.5. The summed E-state index contributed by atoms with van der Waals surface area (Å²) >= 11 is 0. The molecule has 1 rings (SSSR count). The lowest BCUT2D eigenvalue weighted by Crippen LogP contribution is -2.49. The quantitative estimate of drug-likeness (QED) is 0.769. The topological polar surface area (TPSA) is 52.7 Å². The molecule has 0 saturated carbocycles. The van der Waals surface area contributed by atoms with Crippen LogP contribution in [0.3, 0.4) is 0 Å². The van der Waals surface area contributed by atoms with Gasteiger partial charge in [-0.1, -0.05) is 20.8 Å². The predicted molar refractivity (Wildman–Crippen MR) is 79.3 cm³/mol. The van der Waals surface area contributed by atoms with E-state index in [2.05, 4.69) is 19.2 Å². The molecule has 19 heavy (non-hydrogen) atoms. The van der Waals surface area contributed by atoms with Crippen LogP contribution in [-0.2, 0) is 10.2 Å². The average molecular weight is 291 g/mol. The van der Waals surface area contributed by atoms with Crippen molar-refractivity contribution >= 4 is 10.2 Å². The lowest BCUT2D eigenvalue weighted by Gasteiger charge is -2.36. The molecule has 1 atom stereocenters. The molecule has 114 valence electrons. The summed E-state index contributed by atoms with van der Waals surface area (Å²) in [4.78, 5) is 0. The van der Waals surface area contributed by atoms with E-state index in [0.29, 0.717) is 38.1 Å². The fourth-order valence-electron chi connectivity index (χ4n) is 2.81. The normalized spacial score (nSPS) is 20.9. The Morgan fingerprint density at radius 3 is 2.16 bits per heavy atom. The van der Waals surface area contributed by atoms with Crippen LogP contribution in [0.25, 0.3) is 0 Å². The molecule has 1 N–H and O–H groups in total. The fraction of sp³-hybridized carbons (Fsp3) is 1.00. The van der Waals surface area contributed by atoms with Crippen molar-refractivity contribution in [1.82, 2.24) is 13.9 Å². The molecule has 6 heteroatoms. The summed E-state index contributed by atoms with van der Waals surface area (Å²) in [6, 6.07) is 0.475. The lowest BCUT2D eigenvalue weighted by molar-refractivity contribution is 0.222. The molecule has 0 aromatic heterocycles. The maximum Gasteiger partial charge on any atom is 0.281 e. The van der Waals surface area contributed by atoms with Crippen LogP contribution in [-0.4, -0.2) is 55.8 Å². The van der Waals surface area contributed by atoms with E-state index in [0.717, 1.165) is 19.4 Å². The molecule has 0 aromatic carbocycles. The van der Waals surface area contributed by atoms with Gasteiger partial charge in [0.05, 0.1) is 0 Å². The van der Waals surface area contributed by atoms with Crippen LogP contribution < -0.4 is 5.32 Å². The van der Waals surface area contributed by atoms with Gasteiger partial charge in [-0.25, -0.2) is 0 Å². The molecule has 0 bridgehead atoms. The Morgan fingerprint density at radius 1 is 1.21 bits per heavy atom. The molecule has 1 heterocycles. The highest BCUT2D eigenvalue weighted by molar-refractivity contribution is 7.86. The highest BCUT2D eigenvalue weighted by Crippen LogP contribution is 2.23. The van der Waals surface area contributed by atoms with Crippen LogP contribution in [0.4, 0.5) is 0 Å². The molecule has 1 unspecified atom stereocenters. The molecule has 0 spiro atoms. The molecule has 0 aliphatic carbocycles. The molecule has 1 fully saturated rings. The van der Waals surface area contributed by atoms with Gasteiger partial charge in [-0.3, -0.25) is 0 Å². The van der Waals surface area contributed by atoms with E-state index in [1.165, 1.54) is 0 Å². The Hall–Kier alpha value is -0.170. The van der Waals surface area contributed by atoms with Gasteiger partial charge in [-0.15, -0.1) is 0 Å². The molecule has 0 radical (unpaired) electrons. The van der Waals surface area contributed by atoms with E-state index in [1.807, 2.05) is 13.8 Å². The van der Waals surface area contributed by atoms with Crippen LogP contribution in [0.2, 0.25) is 0 Å². The molecular weight excluding hydrogens is 262 g/mol. The minimum Gasteiger partial charge on any atom is -0.314 e. The maximum atomic E-state index is 12.4. The molecule has 5 nitrogen and oxygen atoms in total. The highest BCUT2D eigenvalue weighted by atomic mass is 32.2. The Bertz CT molecular complexity index is 347. The zero-order valence-electron chi connectivity index (χ0n) is 12.7.